The zero-order valence-electron chi connectivity index (χ0n) is 6.74. The van der Waals surface area contributed by atoms with Crippen molar-refractivity contribution in [3.8, 4) is 6.07 Å². The first-order chi connectivity index (χ1) is 5.72. The summed E-state index contributed by atoms with van der Waals surface area (Å²) in [4.78, 5) is 12.8. The molecule has 1 saturated heterocycles. The van der Waals surface area contributed by atoms with Crippen molar-refractivity contribution >= 4 is 6.03 Å². The van der Waals surface area contributed by atoms with Crippen LogP contribution < -0.4 is 5.32 Å². The molecule has 0 spiro atoms. The Hall–Kier alpha value is -1.50. The van der Waals surface area contributed by atoms with Crippen LogP contribution in [0.1, 0.15) is 6.92 Å². The largest absolute Gasteiger partial charge is 0.330 e. The number of carbonyl (C=O) groups is 1. The molecule has 62 valence electrons. The molecule has 0 unspecified atom stereocenters. The first kappa shape index (κ1) is 7.17. The number of hydrogen-bond acceptors (Lipinski definition) is 2. The molecule has 2 amide bonds. The number of urea groups is 1. The van der Waals surface area contributed by atoms with Crippen molar-refractivity contribution in [3.63, 3.8) is 0 Å². The number of amides is 2. The molecule has 0 aromatic carbocycles. The fourth-order valence-corrected chi connectivity index (χ4v) is 1.62. The van der Waals surface area contributed by atoms with Crippen LogP contribution in [-0.2, 0) is 0 Å². The average Bonchev–Trinajstić information content (AvgIpc) is 2.38. The normalized spacial score (nSPS) is 32.5. The van der Waals surface area contributed by atoms with Crippen LogP contribution in [0.5, 0.6) is 0 Å². The van der Waals surface area contributed by atoms with E-state index in [1.165, 1.54) is 0 Å². The van der Waals surface area contributed by atoms with E-state index in [4.69, 9.17) is 5.26 Å². The van der Waals surface area contributed by atoms with Gasteiger partial charge in [0.15, 0.2) is 0 Å². The summed E-state index contributed by atoms with van der Waals surface area (Å²) in [6.45, 7) is 2.58. The van der Waals surface area contributed by atoms with Gasteiger partial charge < -0.3 is 10.2 Å². The van der Waals surface area contributed by atoms with Gasteiger partial charge in [-0.05, 0) is 13.0 Å². The Bertz CT molecular complexity index is 302. The lowest BCUT2D eigenvalue weighted by Crippen LogP contribution is -2.37. The van der Waals surface area contributed by atoms with Gasteiger partial charge in [-0.3, -0.25) is 0 Å². The molecule has 2 aliphatic rings. The Morgan fingerprint density at radius 3 is 3.25 bits per heavy atom. The van der Waals surface area contributed by atoms with Crippen molar-refractivity contribution in [2.75, 3.05) is 6.54 Å². The van der Waals surface area contributed by atoms with Crippen molar-refractivity contribution in [1.29, 1.82) is 5.26 Å². The van der Waals surface area contributed by atoms with Crippen LogP contribution in [0.4, 0.5) is 4.79 Å². The molecule has 0 aromatic heterocycles. The monoisotopic (exact) mass is 163 g/mol. The molecule has 1 N–H and O–H groups in total. The van der Waals surface area contributed by atoms with Crippen molar-refractivity contribution < 1.29 is 4.79 Å². The van der Waals surface area contributed by atoms with E-state index in [0.29, 0.717) is 6.54 Å². The second-order valence-electron chi connectivity index (χ2n) is 3.14. The molecule has 4 heteroatoms. The van der Waals surface area contributed by atoms with Gasteiger partial charge in [-0.2, -0.15) is 5.26 Å². The number of nitrogens with zero attached hydrogens (tertiary/aromatic N) is 2. The maximum absolute atomic E-state index is 11.2. The molecule has 0 radical (unpaired) electrons. The highest BCUT2D eigenvalue weighted by Gasteiger charge is 2.37. The molecule has 12 heavy (non-hydrogen) atoms. The molecular weight excluding hydrogens is 154 g/mol. The second kappa shape index (κ2) is 2.24. The first-order valence-corrected chi connectivity index (χ1v) is 3.87. The van der Waals surface area contributed by atoms with Gasteiger partial charge in [-0.25, -0.2) is 4.79 Å². The van der Waals surface area contributed by atoms with Crippen LogP contribution in [0, 0.1) is 11.3 Å². The minimum absolute atomic E-state index is 0.125. The minimum Gasteiger partial charge on any atom is -0.330 e. The van der Waals surface area contributed by atoms with Gasteiger partial charge in [-0.1, -0.05) is 5.57 Å². The van der Waals surface area contributed by atoms with Crippen molar-refractivity contribution in [3.05, 3.63) is 11.6 Å². The molecule has 4 nitrogen and oxygen atoms in total. The van der Waals surface area contributed by atoms with E-state index in [-0.39, 0.29) is 18.1 Å². The summed E-state index contributed by atoms with van der Waals surface area (Å²) in [7, 11) is 0. The molecule has 2 atom stereocenters. The van der Waals surface area contributed by atoms with Crippen LogP contribution >= 0.6 is 0 Å². The van der Waals surface area contributed by atoms with Crippen LogP contribution in [-0.4, -0.2) is 29.6 Å². The molecular formula is C8H9N3O. The Kier molecular flexibility index (Phi) is 1.34. The van der Waals surface area contributed by atoms with Gasteiger partial charge in [0.25, 0.3) is 0 Å². The minimum atomic E-state index is -0.372. The number of hydrogen-bond donors (Lipinski definition) is 1. The van der Waals surface area contributed by atoms with E-state index >= 15 is 0 Å². The first-order valence-electron chi connectivity index (χ1n) is 3.87. The molecule has 2 aliphatic heterocycles. The predicted octanol–water partition coefficient (Wildman–Crippen LogP) is 0.232. The zero-order valence-corrected chi connectivity index (χ0v) is 6.74. The maximum Gasteiger partial charge on any atom is 0.319 e. The molecule has 2 heterocycles. The van der Waals surface area contributed by atoms with Crippen molar-refractivity contribution in [2.45, 2.75) is 19.0 Å². The lowest BCUT2D eigenvalue weighted by molar-refractivity contribution is 0.215. The van der Waals surface area contributed by atoms with E-state index in [0.717, 1.165) is 5.57 Å². The van der Waals surface area contributed by atoms with Crippen LogP contribution in [0.2, 0.25) is 0 Å². The molecule has 0 saturated carbocycles. The molecule has 2 bridgehead atoms. The summed E-state index contributed by atoms with van der Waals surface area (Å²) in [5.74, 6) is 0. The van der Waals surface area contributed by atoms with Gasteiger partial charge in [0, 0.05) is 6.54 Å². The Morgan fingerprint density at radius 2 is 2.58 bits per heavy atom. The number of fused-ring (bicyclic) bond motifs is 2. The predicted molar refractivity (Wildman–Crippen MR) is 42.2 cm³/mol. The van der Waals surface area contributed by atoms with E-state index in [1.807, 2.05) is 13.0 Å². The van der Waals surface area contributed by atoms with E-state index in [1.54, 1.807) is 4.90 Å². The van der Waals surface area contributed by atoms with Crippen molar-refractivity contribution in [1.82, 2.24) is 10.2 Å². The zero-order chi connectivity index (χ0) is 8.72. The van der Waals surface area contributed by atoms with E-state index in [9.17, 15) is 4.79 Å². The fraction of sp³-hybridized carbons (Fsp3) is 0.500. The number of carbonyl (C=O) groups excluding carboxylic acids is 1. The topological polar surface area (TPSA) is 56.1 Å². The third kappa shape index (κ3) is 0.797. The quantitative estimate of drug-likeness (QED) is 0.520. The smallest absolute Gasteiger partial charge is 0.319 e. The van der Waals surface area contributed by atoms with E-state index in [2.05, 4.69) is 11.4 Å². The second-order valence-corrected chi connectivity index (χ2v) is 3.14. The van der Waals surface area contributed by atoms with Gasteiger partial charge in [0.1, 0.15) is 6.04 Å². The van der Waals surface area contributed by atoms with Gasteiger partial charge in [0.2, 0.25) is 0 Å². The summed E-state index contributed by atoms with van der Waals surface area (Å²) in [5.41, 5.74) is 1.09. The molecule has 1 fully saturated rings. The SMILES string of the molecule is CC1=C[C@@H](C#N)N2C[C@@H]1NC2=O. The number of nitriles is 1. The fourth-order valence-electron chi connectivity index (χ4n) is 1.62. The van der Waals surface area contributed by atoms with E-state index < -0.39 is 0 Å². The lowest BCUT2D eigenvalue weighted by Gasteiger charge is -2.23. The number of nitrogens with one attached hydrogen (secondary N) is 1. The van der Waals surface area contributed by atoms with Gasteiger partial charge >= 0.3 is 6.03 Å². The highest BCUT2D eigenvalue weighted by Crippen LogP contribution is 2.21. The van der Waals surface area contributed by atoms with Crippen molar-refractivity contribution in [2.24, 2.45) is 0 Å². The standard InChI is InChI=1S/C8H9N3O/c1-5-2-6(3-9)11-4-7(5)10-8(11)12/h2,6-7H,4H2,1H3,(H,10,12)/t6-,7-/m0/s1. The lowest BCUT2D eigenvalue weighted by atomic mass is 10.0. The highest BCUT2D eigenvalue weighted by molar-refractivity contribution is 5.79. The van der Waals surface area contributed by atoms with Crippen LogP contribution in [0.25, 0.3) is 0 Å². The third-order valence-electron chi connectivity index (χ3n) is 2.38. The third-order valence-corrected chi connectivity index (χ3v) is 2.38. The maximum atomic E-state index is 11.2. The van der Waals surface area contributed by atoms with Crippen LogP contribution in [0.15, 0.2) is 11.6 Å². The summed E-state index contributed by atoms with van der Waals surface area (Å²) in [6, 6.07) is 1.71. The van der Waals surface area contributed by atoms with Gasteiger partial charge in [-0.15, -0.1) is 0 Å². The average molecular weight is 163 g/mol. The highest BCUT2D eigenvalue weighted by atomic mass is 16.2. The Morgan fingerprint density at radius 1 is 1.83 bits per heavy atom. The van der Waals surface area contributed by atoms with Crippen LogP contribution in [0.3, 0.4) is 0 Å². The Labute approximate surface area is 70.5 Å². The molecule has 0 aromatic rings. The Balaban J connectivity index is 2.36. The summed E-state index contributed by atoms with van der Waals surface area (Å²) < 4.78 is 0. The summed E-state index contributed by atoms with van der Waals surface area (Å²) >= 11 is 0. The molecule has 2 rings (SSSR count). The van der Waals surface area contributed by atoms with Gasteiger partial charge in [0.05, 0.1) is 12.1 Å². The molecule has 0 aliphatic carbocycles. The summed E-state index contributed by atoms with van der Waals surface area (Å²) in [5, 5.41) is 11.5. The summed E-state index contributed by atoms with van der Waals surface area (Å²) in [6.07, 6.45) is 1.84. The number of rotatable bonds is 0.